The van der Waals surface area contributed by atoms with Gasteiger partial charge in [-0.1, -0.05) is 28.1 Å². The van der Waals surface area contributed by atoms with Crippen LogP contribution in [0, 0.1) is 17.8 Å². The molecule has 1 saturated heterocycles. The van der Waals surface area contributed by atoms with Crippen molar-refractivity contribution in [3.63, 3.8) is 0 Å². The monoisotopic (exact) mass is 564 g/mol. The minimum atomic E-state index is -0.749. The molecule has 5 fully saturated rings. The Labute approximate surface area is 224 Å². The first kappa shape index (κ1) is 24.2. The molecule has 0 aromatic heterocycles. The number of halogens is 1. The van der Waals surface area contributed by atoms with E-state index in [9.17, 15) is 14.4 Å². The second-order valence-corrected chi connectivity index (χ2v) is 11.8. The lowest BCUT2D eigenvalue weighted by atomic mass is 9.48. The van der Waals surface area contributed by atoms with Crippen LogP contribution in [0.2, 0.25) is 0 Å². The van der Waals surface area contributed by atoms with Crippen molar-refractivity contribution in [3.8, 4) is 11.5 Å². The van der Waals surface area contributed by atoms with Gasteiger partial charge in [-0.15, -0.1) is 0 Å². The number of imide groups is 2. The normalized spacial score (nSPS) is 29.6. The van der Waals surface area contributed by atoms with E-state index in [1.165, 1.54) is 64.4 Å². The lowest BCUT2D eigenvalue weighted by Crippen LogP contribution is -2.54. The van der Waals surface area contributed by atoms with E-state index < -0.39 is 17.8 Å². The summed E-state index contributed by atoms with van der Waals surface area (Å²) in [6.07, 6.45) is 9.29. The zero-order valence-corrected chi connectivity index (χ0v) is 22.5. The Morgan fingerprint density at radius 2 is 1.49 bits per heavy atom. The van der Waals surface area contributed by atoms with Crippen LogP contribution in [-0.2, 0) is 15.0 Å². The molecule has 4 bridgehead atoms. The van der Waals surface area contributed by atoms with Gasteiger partial charge >= 0.3 is 6.03 Å². The van der Waals surface area contributed by atoms with Crippen molar-refractivity contribution >= 4 is 45.5 Å². The topological polar surface area (TPSA) is 84.9 Å². The fraction of sp³-hybridized carbons (Fsp3) is 0.414. The summed E-state index contributed by atoms with van der Waals surface area (Å²) in [7, 11) is 3.03. The van der Waals surface area contributed by atoms with E-state index >= 15 is 0 Å². The van der Waals surface area contributed by atoms with Gasteiger partial charge in [0.1, 0.15) is 5.57 Å². The van der Waals surface area contributed by atoms with Gasteiger partial charge in [0.2, 0.25) is 0 Å². The van der Waals surface area contributed by atoms with Crippen molar-refractivity contribution in [1.29, 1.82) is 0 Å². The maximum atomic E-state index is 13.5. The third kappa shape index (κ3) is 4.06. The van der Waals surface area contributed by atoms with Crippen molar-refractivity contribution in [2.24, 2.45) is 17.8 Å². The van der Waals surface area contributed by atoms with Gasteiger partial charge in [-0.25, -0.2) is 9.69 Å². The van der Waals surface area contributed by atoms with Gasteiger partial charge in [0.25, 0.3) is 11.8 Å². The SMILES string of the molecule is COc1cc(Br)c(/C=C2\C(=O)NC(=O)N(c3ccc(C45CC6CC(CC(C6)C4)C5)cc3)C2=O)cc1OC. The molecule has 8 heteroatoms. The number of anilines is 1. The summed E-state index contributed by atoms with van der Waals surface area (Å²) < 4.78 is 11.3. The lowest BCUT2D eigenvalue weighted by Gasteiger charge is -2.57. The molecule has 0 unspecified atom stereocenters. The number of urea groups is 1. The highest BCUT2D eigenvalue weighted by molar-refractivity contribution is 9.10. The Balaban J connectivity index is 1.30. The number of carbonyl (C=O) groups excluding carboxylic acids is 3. The molecule has 4 saturated carbocycles. The standard InChI is InChI=1S/C29H29BrN2O5/c1-36-24-11-19(23(30)12-25(24)37-2)10-22-26(33)31-28(35)32(27(22)34)21-5-3-20(4-6-21)29-13-16-7-17(14-29)9-18(8-16)15-29/h3-6,10-12,16-18H,7-9,13-15H2,1-2H3,(H,31,33,35)/b22-10+. The number of hydrogen-bond acceptors (Lipinski definition) is 5. The van der Waals surface area contributed by atoms with E-state index in [0.29, 0.717) is 27.2 Å². The smallest absolute Gasteiger partial charge is 0.335 e. The van der Waals surface area contributed by atoms with Crippen LogP contribution < -0.4 is 19.7 Å². The van der Waals surface area contributed by atoms with Gasteiger partial charge in [0.05, 0.1) is 19.9 Å². The highest BCUT2D eigenvalue weighted by Gasteiger charge is 2.51. The minimum Gasteiger partial charge on any atom is -0.493 e. The van der Waals surface area contributed by atoms with Gasteiger partial charge < -0.3 is 9.47 Å². The molecule has 2 aromatic rings. The third-order valence-corrected chi connectivity index (χ3v) is 9.37. The van der Waals surface area contributed by atoms with E-state index in [0.717, 1.165) is 22.7 Å². The molecule has 0 radical (unpaired) electrons. The Kier molecular flexibility index (Phi) is 5.90. The molecule has 1 heterocycles. The average Bonchev–Trinajstić information content (AvgIpc) is 2.86. The van der Waals surface area contributed by atoms with Crippen LogP contribution in [0.1, 0.15) is 49.7 Å². The van der Waals surface area contributed by atoms with E-state index in [1.807, 2.05) is 12.1 Å². The number of rotatable bonds is 5. The number of nitrogens with zero attached hydrogens (tertiary/aromatic N) is 1. The quantitative estimate of drug-likeness (QED) is 0.377. The Hall–Kier alpha value is -3.13. The Morgan fingerprint density at radius 3 is 2.05 bits per heavy atom. The van der Waals surface area contributed by atoms with Gasteiger partial charge in [-0.3, -0.25) is 14.9 Å². The molecule has 37 heavy (non-hydrogen) atoms. The fourth-order valence-corrected chi connectivity index (χ4v) is 7.89. The van der Waals surface area contributed by atoms with E-state index in [4.69, 9.17) is 9.47 Å². The maximum absolute atomic E-state index is 13.5. The highest BCUT2D eigenvalue weighted by Crippen LogP contribution is 2.60. The third-order valence-electron chi connectivity index (χ3n) is 8.68. The van der Waals surface area contributed by atoms with E-state index in [-0.39, 0.29) is 11.0 Å². The number of benzene rings is 2. The lowest BCUT2D eigenvalue weighted by molar-refractivity contribution is -0.122. The van der Waals surface area contributed by atoms with E-state index in [1.54, 1.807) is 12.1 Å². The number of ether oxygens (including phenoxy) is 2. The van der Waals surface area contributed by atoms with Gasteiger partial charge in [-0.2, -0.15) is 0 Å². The number of nitrogens with one attached hydrogen (secondary N) is 1. The Bertz CT molecular complexity index is 1300. The molecular weight excluding hydrogens is 536 g/mol. The fourth-order valence-electron chi connectivity index (χ4n) is 7.46. The van der Waals surface area contributed by atoms with E-state index in [2.05, 4.69) is 33.4 Å². The van der Waals surface area contributed by atoms with Crippen molar-refractivity contribution in [2.45, 2.75) is 43.9 Å². The predicted octanol–water partition coefficient (Wildman–Crippen LogP) is 5.60. The first-order valence-corrected chi connectivity index (χ1v) is 13.5. The summed E-state index contributed by atoms with van der Waals surface area (Å²) in [5.74, 6) is 2.04. The van der Waals surface area contributed by atoms with Crippen molar-refractivity contribution < 1.29 is 23.9 Å². The molecule has 4 amide bonds. The predicted molar refractivity (Wildman–Crippen MR) is 143 cm³/mol. The molecule has 0 spiro atoms. The Morgan fingerprint density at radius 1 is 0.919 bits per heavy atom. The zero-order valence-electron chi connectivity index (χ0n) is 20.9. The van der Waals surface area contributed by atoms with Crippen LogP contribution in [0.15, 0.2) is 46.4 Å². The second kappa shape index (κ2) is 9.01. The molecule has 7 rings (SSSR count). The zero-order chi connectivity index (χ0) is 25.9. The number of hydrogen-bond donors (Lipinski definition) is 1. The first-order chi connectivity index (χ1) is 17.8. The first-order valence-electron chi connectivity index (χ1n) is 12.7. The van der Waals surface area contributed by atoms with Gasteiger partial charge in [0, 0.05) is 4.47 Å². The second-order valence-electron chi connectivity index (χ2n) is 10.9. The molecule has 4 aliphatic carbocycles. The molecule has 5 aliphatic rings. The number of carbonyl (C=O) groups is 3. The largest absolute Gasteiger partial charge is 0.493 e. The van der Waals surface area contributed by atoms with Crippen molar-refractivity contribution in [1.82, 2.24) is 5.32 Å². The summed E-state index contributed by atoms with van der Waals surface area (Å²) >= 11 is 3.46. The highest BCUT2D eigenvalue weighted by atomic mass is 79.9. The summed E-state index contributed by atoms with van der Waals surface area (Å²) in [5, 5.41) is 2.31. The maximum Gasteiger partial charge on any atom is 0.335 e. The molecule has 2 aromatic carbocycles. The molecular formula is C29H29BrN2O5. The minimum absolute atomic E-state index is 0.141. The van der Waals surface area contributed by atoms with Crippen LogP contribution >= 0.6 is 15.9 Å². The van der Waals surface area contributed by atoms with Gasteiger partial charge in [0.15, 0.2) is 11.5 Å². The van der Waals surface area contributed by atoms with Crippen LogP contribution in [-0.4, -0.2) is 32.1 Å². The van der Waals surface area contributed by atoms with Crippen LogP contribution in [0.5, 0.6) is 11.5 Å². The number of barbiturate groups is 1. The molecule has 0 atom stereocenters. The molecule has 192 valence electrons. The van der Waals surface area contributed by atoms with Crippen molar-refractivity contribution in [3.05, 3.63) is 57.6 Å². The summed E-state index contributed by atoms with van der Waals surface area (Å²) in [5.41, 5.74) is 2.38. The van der Waals surface area contributed by atoms with Gasteiger partial charge in [-0.05, 0) is 103 Å². The average molecular weight is 565 g/mol. The summed E-state index contributed by atoms with van der Waals surface area (Å²) in [6, 6.07) is 10.4. The molecule has 7 nitrogen and oxygen atoms in total. The number of methoxy groups -OCH3 is 2. The van der Waals surface area contributed by atoms with Crippen LogP contribution in [0.3, 0.4) is 0 Å². The van der Waals surface area contributed by atoms with Crippen LogP contribution in [0.25, 0.3) is 6.08 Å². The molecule has 1 aliphatic heterocycles. The number of amides is 4. The summed E-state index contributed by atoms with van der Waals surface area (Å²) in [6.45, 7) is 0. The molecule has 1 N–H and O–H groups in total. The van der Waals surface area contributed by atoms with Crippen molar-refractivity contribution in [2.75, 3.05) is 19.1 Å². The summed E-state index contributed by atoms with van der Waals surface area (Å²) in [4.78, 5) is 39.9. The van der Waals surface area contributed by atoms with Crippen LogP contribution in [0.4, 0.5) is 10.5 Å².